The van der Waals surface area contributed by atoms with Gasteiger partial charge in [0.2, 0.25) is 0 Å². The lowest BCUT2D eigenvalue weighted by molar-refractivity contribution is 0.165. The van der Waals surface area contributed by atoms with Crippen LogP contribution in [-0.2, 0) is 0 Å². The van der Waals surface area contributed by atoms with Crippen LogP contribution in [-0.4, -0.2) is 11.2 Å². The van der Waals surface area contributed by atoms with Crippen LogP contribution in [0.15, 0.2) is 11.1 Å². The summed E-state index contributed by atoms with van der Waals surface area (Å²) >= 11 is 0. The molecule has 0 radical (unpaired) electrons. The van der Waals surface area contributed by atoms with Crippen molar-refractivity contribution in [1.29, 1.82) is 0 Å². The Kier molecular flexibility index (Phi) is 1.80. The minimum atomic E-state index is -0.119. The van der Waals surface area contributed by atoms with Gasteiger partial charge in [0.15, 0.2) is 0 Å². The summed E-state index contributed by atoms with van der Waals surface area (Å²) in [4.78, 5) is 0. The molecule has 1 N–H and O–H groups in total. The number of rotatable bonds is 0. The molecule has 1 nitrogen and oxygen atoms in total. The van der Waals surface area contributed by atoms with Gasteiger partial charge in [0, 0.05) is 0 Å². The third-order valence-corrected chi connectivity index (χ3v) is 3.45. The molecule has 1 heteroatoms. The Bertz CT molecular complexity index is 225. The largest absolute Gasteiger partial charge is 0.389 e. The summed E-state index contributed by atoms with van der Waals surface area (Å²) in [6.07, 6.45) is 5.79. The molecular weight excluding hydrogens is 148 g/mol. The highest BCUT2D eigenvalue weighted by molar-refractivity contribution is 5.31. The molecule has 0 amide bonds. The van der Waals surface area contributed by atoms with Gasteiger partial charge in [-0.25, -0.2) is 0 Å². The van der Waals surface area contributed by atoms with Gasteiger partial charge in [-0.2, -0.15) is 0 Å². The zero-order chi connectivity index (χ0) is 8.77. The van der Waals surface area contributed by atoms with Crippen molar-refractivity contribution < 1.29 is 5.11 Å². The highest BCUT2D eigenvalue weighted by Gasteiger charge is 2.37. The van der Waals surface area contributed by atoms with Gasteiger partial charge in [-0.1, -0.05) is 19.4 Å². The van der Waals surface area contributed by atoms with Crippen LogP contribution in [0.4, 0.5) is 0 Å². The molecule has 2 aliphatic rings. The molecule has 68 valence electrons. The van der Waals surface area contributed by atoms with E-state index in [1.165, 1.54) is 31.3 Å². The molecule has 2 rings (SSSR count). The second-order valence-corrected chi connectivity index (χ2v) is 4.81. The van der Waals surface area contributed by atoms with Crippen molar-refractivity contribution in [2.45, 2.75) is 52.1 Å². The van der Waals surface area contributed by atoms with E-state index in [1.807, 2.05) is 0 Å². The Morgan fingerprint density at radius 2 is 2.08 bits per heavy atom. The van der Waals surface area contributed by atoms with Gasteiger partial charge in [0.05, 0.1) is 6.10 Å². The smallest absolute Gasteiger partial charge is 0.0758 e. The average Bonchev–Trinajstić information content (AvgIpc) is 2.29. The van der Waals surface area contributed by atoms with Crippen LogP contribution in [0.1, 0.15) is 46.0 Å². The molecule has 0 fully saturated rings. The van der Waals surface area contributed by atoms with Crippen molar-refractivity contribution in [3.63, 3.8) is 0 Å². The van der Waals surface area contributed by atoms with E-state index in [4.69, 9.17) is 0 Å². The van der Waals surface area contributed by atoms with E-state index < -0.39 is 0 Å². The summed E-state index contributed by atoms with van der Waals surface area (Å²) in [5, 5.41) is 9.86. The Morgan fingerprint density at radius 1 is 1.33 bits per heavy atom. The van der Waals surface area contributed by atoms with Crippen molar-refractivity contribution in [2.24, 2.45) is 5.41 Å². The third-order valence-electron chi connectivity index (χ3n) is 3.45. The van der Waals surface area contributed by atoms with Crippen molar-refractivity contribution in [3.05, 3.63) is 11.1 Å². The Morgan fingerprint density at radius 3 is 2.75 bits per heavy atom. The van der Waals surface area contributed by atoms with Crippen LogP contribution < -0.4 is 0 Å². The maximum Gasteiger partial charge on any atom is 0.0758 e. The first-order valence-electron chi connectivity index (χ1n) is 5.02. The fraction of sp³-hybridized carbons (Fsp3) is 0.818. The van der Waals surface area contributed by atoms with Crippen LogP contribution in [0.3, 0.4) is 0 Å². The van der Waals surface area contributed by atoms with Gasteiger partial charge in [0.25, 0.3) is 0 Å². The molecule has 0 heterocycles. The highest BCUT2D eigenvalue weighted by Crippen LogP contribution is 2.48. The van der Waals surface area contributed by atoms with Gasteiger partial charge >= 0.3 is 0 Å². The molecule has 0 aromatic rings. The fourth-order valence-corrected chi connectivity index (χ4v) is 2.81. The van der Waals surface area contributed by atoms with E-state index in [0.29, 0.717) is 0 Å². The fourth-order valence-electron chi connectivity index (χ4n) is 2.81. The molecule has 12 heavy (non-hydrogen) atoms. The third kappa shape index (κ3) is 1.11. The predicted molar refractivity (Wildman–Crippen MR) is 49.9 cm³/mol. The minimum Gasteiger partial charge on any atom is -0.389 e. The summed E-state index contributed by atoms with van der Waals surface area (Å²) in [5.41, 5.74) is 3.24. The van der Waals surface area contributed by atoms with Crippen molar-refractivity contribution in [3.8, 4) is 0 Å². The molecule has 0 spiro atoms. The second-order valence-electron chi connectivity index (χ2n) is 4.81. The zero-order valence-electron chi connectivity index (χ0n) is 8.06. The van der Waals surface area contributed by atoms with Gasteiger partial charge < -0.3 is 5.11 Å². The van der Waals surface area contributed by atoms with E-state index in [2.05, 4.69) is 13.8 Å². The maximum absolute atomic E-state index is 9.86. The number of aliphatic hydroxyl groups is 1. The molecule has 0 aromatic carbocycles. The van der Waals surface area contributed by atoms with Gasteiger partial charge in [-0.15, -0.1) is 0 Å². The highest BCUT2D eigenvalue weighted by atomic mass is 16.3. The van der Waals surface area contributed by atoms with Crippen molar-refractivity contribution in [1.82, 2.24) is 0 Å². The summed E-state index contributed by atoms with van der Waals surface area (Å²) < 4.78 is 0. The Hall–Kier alpha value is -0.300. The quantitative estimate of drug-likeness (QED) is 0.548. The first-order chi connectivity index (χ1) is 5.61. The predicted octanol–water partition coefficient (Wildman–Crippen LogP) is 2.65. The number of hydrogen-bond acceptors (Lipinski definition) is 1. The normalized spacial score (nSPS) is 33.8. The van der Waals surface area contributed by atoms with Gasteiger partial charge in [-0.3, -0.25) is 0 Å². The van der Waals surface area contributed by atoms with Crippen LogP contribution in [0.5, 0.6) is 0 Å². The molecule has 2 aliphatic carbocycles. The molecule has 0 aliphatic heterocycles. The number of aliphatic hydroxyl groups excluding tert-OH is 1. The first kappa shape index (κ1) is 8.31. The lowest BCUT2D eigenvalue weighted by Gasteiger charge is -2.29. The number of allylic oxidation sites excluding steroid dienone is 1. The summed E-state index contributed by atoms with van der Waals surface area (Å²) in [6, 6.07) is 0. The average molecular weight is 166 g/mol. The molecular formula is C11H18O. The Labute approximate surface area is 74.5 Å². The standard InChI is InChI=1S/C11H18O/c1-11(2)7-6-8-4-3-5-9(12)10(8)11/h9,12H,3-7H2,1-2H3. The maximum atomic E-state index is 9.86. The molecule has 0 bridgehead atoms. The monoisotopic (exact) mass is 166 g/mol. The molecule has 0 saturated heterocycles. The SMILES string of the molecule is CC1(C)CCC2=C1C(O)CCC2. The van der Waals surface area contributed by atoms with E-state index in [-0.39, 0.29) is 11.5 Å². The van der Waals surface area contributed by atoms with E-state index >= 15 is 0 Å². The second kappa shape index (κ2) is 2.59. The topological polar surface area (TPSA) is 20.2 Å². The van der Waals surface area contributed by atoms with E-state index in [0.717, 1.165) is 6.42 Å². The van der Waals surface area contributed by atoms with Crippen LogP contribution >= 0.6 is 0 Å². The van der Waals surface area contributed by atoms with E-state index in [1.54, 1.807) is 5.57 Å². The first-order valence-corrected chi connectivity index (χ1v) is 5.02. The zero-order valence-corrected chi connectivity index (χ0v) is 8.06. The lowest BCUT2D eigenvalue weighted by Crippen LogP contribution is -2.24. The molecule has 1 unspecified atom stereocenters. The van der Waals surface area contributed by atoms with Crippen LogP contribution in [0.25, 0.3) is 0 Å². The van der Waals surface area contributed by atoms with E-state index in [9.17, 15) is 5.11 Å². The van der Waals surface area contributed by atoms with Crippen LogP contribution in [0, 0.1) is 5.41 Å². The van der Waals surface area contributed by atoms with Crippen LogP contribution in [0.2, 0.25) is 0 Å². The lowest BCUT2D eigenvalue weighted by atomic mass is 9.79. The number of hydrogen-bond donors (Lipinski definition) is 1. The molecule has 0 saturated carbocycles. The van der Waals surface area contributed by atoms with Gasteiger partial charge in [-0.05, 0) is 43.1 Å². The van der Waals surface area contributed by atoms with Gasteiger partial charge in [0.1, 0.15) is 0 Å². The minimum absolute atomic E-state index is 0.119. The summed E-state index contributed by atoms with van der Waals surface area (Å²) in [6.45, 7) is 4.54. The molecule has 0 aromatic heterocycles. The molecule has 1 atom stereocenters. The summed E-state index contributed by atoms with van der Waals surface area (Å²) in [5.74, 6) is 0. The van der Waals surface area contributed by atoms with Crippen molar-refractivity contribution in [2.75, 3.05) is 0 Å². The summed E-state index contributed by atoms with van der Waals surface area (Å²) in [7, 11) is 0. The van der Waals surface area contributed by atoms with Crippen molar-refractivity contribution >= 4 is 0 Å². The Balaban J connectivity index is 2.35.